The number of likely N-dealkylation sites (tertiary alicyclic amines) is 1. The molecule has 1 aliphatic heterocycles. The Labute approximate surface area is 128 Å². The number of rotatable bonds is 10. The van der Waals surface area contributed by atoms with Gasteiger partial charge in [-0.3, -0.25) is 4.99 Å². The van der Waals surface area contributed by atoms with Crippen LogP contribution in [0.3, 0.4) is 0 Å². The average molecular weight is 301 g/mol. The maximum absolute atomic E-state index is 9.58. The number of nitrogens with zero attached hydrogens (tertiary/aromatic N) is 2. The molecule has 0 amide bonds. The third-order valence-electron chi connectivity index (χ3n) is 3.31. The number of aliphatic imine (C=N–C) groups is 1. The molecular weight excluding hydrogens is 270 g/mol. The normalized spacial score (nSPS) is 19.3. The number of unbranched alkanes of at least 4 members (excludes halogenated alkanes) is 1. The lowest BCUT2D eigenvalue weighted by molar-refractivity contribution is 0.0497. The maximum Gasteiger partial charge on any atom is 0.194 e. The SMILES string of the molecule is CCCCOCCOCCN=C(NCC)N1CC[C@@H](O)C1. The Morgan fingerprint density at radius 2 is 2.00 bits per heavy atom. The zero-order chi connectivity index (χ0) is 15.3. The van der Waals surface area contributed by atoms with Gasteiger partial charge in [-0.2, -0.15) is 0 Å². The highest BCUT2D eigenvalue weighted by Gasteiger charge is 2.22. The first-order valence-corrected chi connectivity index (χ1v) is 8.14. The number of hydrogen-bond acceptors (Lipinski definition) is 4. The molecule has 0 saturated carbocycles. The van der Waals surface area contributed by atoms with E-state index in [2.05, 4.69) is 22.1 Å². The number of aliphatic hydroxyl groups excluding tert-OH is 1. The fraction of sp³-hybridized carbons (Fsp3) is 0.933. The molecule has 6 nitrogen and oxygen atoms in total. The first-order valence-electron chi connectivity index (χ1n) is 8.14. The molecule has 1 heterocycles. The number of nitrogens with one attached hydrogen (secondary N) is 1. The lowest BCUT2D eigenvalue weighted by Gasteiger charge is -2.20. The average Bonchev–Trinajstić information content (AvgIpc) is 2.91. The van der Waals surface area contributed by atoms with E-state index in [1.54, 1.807) is 0 Å². The van der Waals surface area contributed by atoms with Crippen molar-refractivity contribution in [2.45, 2.75) is 39.2 Å². The Balaban J connectivity index is 2.11. The molecule has 0 bridgehead atoms. The highest BCUT2D eigenvalue weighted by Crippen LogP contribution is 2.08. The summed E-state index contributed by atoms with van der Waals surface area (Å²) in [7, 11) is 0. The molecule has 124 valence electrons. The largest absolute Gasteiger partial charge is 0.391 e. The Morgan fingerprint density at radius 1 is 1.24 bits per heavy atom. The van der Waals surface area contributed by atoms with Crippen LogP contribution in [0.15, 0.2) is 4.99 Å². The van der Waals surface area contributed by atoms with Crippen molar-refractivity contribution < 1.29 is 14.6 Å². The van der Waals surface area contributed by atoms with Gasteiger partial charge in [0.05, 0.1) is 32.5 Å². The summed E-state index contributed by atoms with van der Waals surface area (Å²) in [5.41, 5.74) is 0. The van der Waals surface area contributed by atoms with Gasteiger partial charge in [-0.15, -0.1) is 0 Å². The first kappa shape index (κ1) is 18.2. The van der Waals surface area contributed by atoms with E-state index in [4.69, 9.17) is 9.47 Å². The van der Waals surface area contributed by atoms with Gasteiger partial charge in [-0.05, 0) is 19.8 Å². The number of β-amino-alcohol motifs (C(OH)–C–C–N with tert-alkyl or cyclic N) is 1. The fourth-order valence-corrected chi connectivity index (χ4v) is 2.14. The molecular formula is C15H31N3O3. The van der Waals surface area contributed by atoms with Gasteiger partial charge < -0.3 is 24.8 Å². The van der Waals surface area contributed by atoms with E-state index in [9.17, 15) is 5.11 Å². The minimum Gasteiger partial charge on any atom is -0.391 e. The lowest BCUT2D eigenvalue weighted by Crippen LogP contribution is -2.40. The second-order valence-corrected chi connectivity index (χ2v) is 5.20. The molecule has 1 fully saturated rings. The van der Waals surface area contributed by atoms with Crippen LogP contribution >= 0.6 is 0 Å². The summed E-state index contributed by atoms with van der Waals surface area (Å²) >= 11 is 0. The standard InChI is InChI=1S/C15H31N3O3/c1-3-5-9-20-11-12-21-10-7-17-15(16-4-2)18-8-6-14(19)13-18/h14,19H,3-13H2,1-2H3,(H,16,17)/t14-/m1/s1. The van der Waals surface area contributed by atoms with Gasteiger partial charge >= 0.3 is 0 Å². The summed E-state index contributed by atoms with van der Waals surface area (Å²) in [6.45, 7) is 9.88. The molecule has 2 N–H and O–H groups in total. The van der Waals surface area contributed by atoms with Crippen molar-refractivity contribution in [1.29, 1.82) is 0 Å². The second kappa shape index (κ2) is 11.8. The molecule has 0 unspecified atom stereocenters. The van der Waals surface area contributed by atoms with Crippen LogP contribution in [-0.2, 0) is 9.47 Å². The Hall–Kier alpha value is -0.850. The minimum absolute atomic E-state index is 0.231. The molecule has 0 aromatic rings. The Morgan fingerprint density at radius 3 is 2.62 bits per heavy atom. The van der Waals surface area contributed by atoms with Gasteiger partial charge in [-0.1, -0.05) is 13.3 Å². The summed E-state index contributed by atoms with van der Waals surface area (Å²) < 4.78 is 10.9. The van der Waals surface area contributed by atoms with Crippen molar-refractivity contribution in [3.63, 3.8) is 0 Å². The van der Waals surface area contributed by atoms with Gasteiger partial charge in [0.25, 0.3) is 0 Å². The predicted molar refractivity (Wildman–Crippen MR) is 84.7 cm³/mol. The van der Waals surface area contributed by atoms with E-state index in [1.807, 2.05) is 6.92 Å². The van der Waals surface area contributed by atoms with Crippen molar-refractivity contribution in [1.82, 2.24) is 10.2 Å². The van der Waals surface area contributed by atoms with Crippen molar-refractivity contribution in [2.24, 2.45) is 4.99 Å². The second-order valence-electron chi connectivity index (χ2n) is 5.20. The van der Waals surface area contributed by atoms with E-state index in [0.717, 1.165) is 44.9 Å². The number of guanidine groups is 1. The topological polar surface area (TPSA) is 66.3 Å². The third kappa shape index (κ3) is 8.24. The molecule has 0 radical (unpaired) electrons. The van der Waals surface area contributed by atoms with E-state index >= 15 is 0 Å². The minimum atomic E-state index is -0.231. The van der Waals surface area contributed by atoms with Gasteiger partial charge in [0.15, 0.2) is 5.96 Å². The summed E-state index contributed by atoms with van der Waals surface area (Å²) in [6, 6.07) is 0. The van der Waals surface area contributed by atoms with Crippen molar-refractivity contribution >= 4 is 5.96 Å². The lowest BCUT2D eigenvalue weighted by atomic mass is 10.3. The molecule has 6 heteroatoms. The Kier molecular flexibility index (Phi) is 10.2. The summed E-state index contributed by atoms with van der Waals surface area (Å²) in [4.78, 5) is 6.63. The highest BCUT2D eigenvalue weighted by atomic mass is 16.5. The summed E-state index contributed by atoms with van der Waals surface area (Å²) in [6.07, 6.45) is 2.85. The molecule has 1 rings (SSSR count). The summed E-state index contributed by atoms with van der Waals surface area (Å²) in [5, 5.41) is 12.8. The molecule has 1 aliphatic rings. The van der Waals surface area contributed by atoms with Gasteiger partial charge in [0.1, 0.15) is 0 Å². The van der Waals surface area contributed by atoms with Crippen LogP contribution < -0.4 is 5.32 Å². The van der Waals surface area contributed by atoms with Crippen LogP contribution in [0.5, 0.6) is 0 Å². The molecule has 21 heavy (non-hydrogen) atoms. The molecule has 1 atom stereocenters. The predicted octanol–water partition coefficient (Wildman–Crippen LogP) is 0.852. The van der Waals surface area contributed by atoms with Crippen LogP contribution in [0.1, 0.15) is 33.1 Å². The quantitative estimate of drug-likeness (QED) is 0.356. The van der Waals surface area contributed by atoms with E-state index in [1.165, 1.54) is 0 Å². The molecule has 0 spiro atoms. The zero-order valence-corrected chi connectivity index (χ0v) is 13.5. The van der Waals surface area contributed by atoms with Crippen LogP contribution in [0.25, 0.3) is 0 Å². The first-order chi connectivity index (χ1) is 10.3. The van der Waals surface area contributed by atoms with Gasteiger partial charge in [0.2, 0.25) is 0 Å². The van der Waals surface area contributed by atoms with E-state index in [-0.39, 0.29) is 6.10 Å². The molecule has 0 aromatic heterocycles. The van der Waals surface area contributed by atoms with Crippen LogP contribution in [-0.4, -0.2) is 74.7 Å². The van der Waals surface area contributed by atoms with Crippen molar-refractivity contribution in [3.8, 4) is 0 Å². The van der Waals surface area contributed by atoms with Crippen molar-refractivity contribution in [2.75, 3.05) is 52.6 Å². The Bertz CT molecular complexity index is 287. The monoisotopic (exact) mass is 301 g/mol. The number of ether oxygens (including phenoxy) is 2. The number of aliphatic hydroxyl groups is 1. The van der Waals surface area contributed by atoms with Crippen LogP contribution in [0.4, 0.5) is 0 Å². The molecule has 0 aliphatic carbocycles. The smallest absolute Gasteiger partial charge is 0.194 e. The van der Waals surface area contributed by atoms with Gasteiger partial charge in [-0.25, -0.2) is 0 Å². The van der Waals surface area contributed by atoms with Crippen molar-refractivity contribution in [3.05, 3.63) is 0 Å². The number of hydrogen-bond donors (Lipinski definition) is 2. The maximum atomic E-state index is 9.58. The van der Waals surface area contributed by atoms with E-state index in [0.29, 0.717) is 32.9 Å². The van der Waals surface area contributed by atoms with Crippen LogP contribution in [0.2, 0.25) is 0 Å². The molecule has 1 saturated heterocycles. The fourth-order valence-electron chi connectivity index (χ4n) is 2.14. The van der Waals surface area contributed by atoms with E-state index < -0.39 is 0 Å². The van der Waals surface area contributed by atoms with Crippen LogP contribution in [0, 0.1) is 0 Å². The molecule has 0 aromatic carbocycles. The summed E-state index contributed by atoms with van der Waals surface area (Å²) in [5.74, 6) is 0.872. The zero-order valence-electron chi connectivity index (χ0n) is 13.5. The third-order valence-corrected chi connectivity index (χ3v) is 3.31. The highest BCUT2D eigenvalue weighted by molar-refractivity contribution is 5.80. The van der Waals surface area contributed by atoms with Gasteiger partial charge in [0, 0.05) is 26.2 Å².